The lowest BCUT2D eigenvalue weighted by molar-refractivity contribution is 0.0988. The van der Waals surface area contributed by atoms with Crippen molar-refractivity contribution in [3.8, 4) is 11.5 Å². The van der Waals surface area contributed by atoms with E-state index >= 15 is 0 Å². The molecule has 0 radical (unpaired) electrons. The van der Waals surface area contributed by atoms with Gasteiger partial charge in [-0.3, -0.25) is 9.78 Å². The lowest BCUT2D eigenvalue weighted by Crippen LogP contribution is -2.06. The zero-order valence-electron chi connectivity index (χ0n) is 12.1. The van der Waals surface area contributed by atoms with Crippen LogP contribution in [0.15, 0.2) is 37.1 Å². The van der Waals surface area contributed by atoms with E-state index in [9.17, 15) is 9.18 Å². The Kier molecular flexibility index (Phi) is 4.33. The molecule has 0 N–H and O–H groups in total. The number of ether oxygens (including phenoxy) is 1. The van der Waals surface area contributed by atoms with E-state index in [1.165, 1.54) is 31.0 Å². The highest BCUT2D eigenvalue weighted by Gasteiger charge is 2.14. The Bertz CT molecular complexity index is 819. The third-order valence-corrected chi connectivity index (χ3v) is 3.83. The Morgan fingerprint density at radius 1 is 1.30 bits per heavy atom. The number of halogens is 1. The van der Waals surface area contributed by atoms with Gasteiger partial charge < -0.3 is 4.74 Å². The first kappa shape index (κ1) is 15.2. The minimum atomic E-state index is -0.373. The Hall–Kier alpha value is -2.74. The van der Waals surface area contributed by atoms with Gasteiger partial charge in [-0.15, -0.1) is 0 Å². The highest BCUT2D eigenvalue weighted by atomic mass is 32.1. The molecule has 3 heterocycles. The second kappa shape index (κ2) is 6.57. The normalized spacial score (nSPS) is 10.5. The molecule has 0 aliphatic rings. The molecule has 0 aliphatic heterocycles. The largest absolute Gasteiger partial charge is 0.454 e. The number of hydrogen-bond acceptors (Lipinski definition) is 7. The fraction of sp³-hybridized carbons (Fsp3) is 0.133. The second-order valence-electron chi connectivity index (χ2n) is 4.62. The molecule has 0 saturated heterocycles. The quantitative estimate of drug-likeness (QED) is 0.669. The van der Waals surface area contributed by atoms with Gasteiger partial charge >= 0.3 is 0 Å². The molecule has 0 saturated carbocycles. The molecule has 23 heavy (non-hydrogen) atoms. The first-order valence-electron chi connectivity index (χ1n) is 6.66. The zero-order chi connectivity index (χ0) is 16.2. The van der Waals surface area contributed by atoms with Crippen molar-refractivity contribution in [2.24, 2.45) is 0 Å². The number of thiazole rings is 1. The monoisotopic (exact) mass is 330 g/mol. The molecule has 0 bridgehead atoms. The topological polar surface area (TPSA) is 77.9 Å². The summed E-state index contributed by atoms with van der Waals surface area (Å²) in [4.78, 5) is 28.0. The number of carbonyl (C=O) groups is 1. The first-order chi connectivity index (χ1) is 11.1. The number of rotatable bonds is 5. The summed E-state index contributed by atoms with van der Waals surface area (Å²) in [6.45, 7) is 1.56. The molecule has 0 unspecified atom stereocenters. The molecular weight excluding hydrogens is 319 g/mol. The lowest BCUT2D eigenvalue weighted by atomic mass is 10.2. The molecule has 0 aliphatic carbocycles. The van der Waals surface area contributed by atoms with Crippen LogP contribution >= 0.6 is 11.3 Å². The average molecular weight is 330 g/mol. The van der Waals surface area contributed by atoms with Crippen LogP contribution in [0, 0.1) is 12.1 Å². The van der Waals surface area contributed by atoms with Gasteiger partial charge in [0.2, 0.25) is 0 Å². The lowest BCUT2D eigenvalue weighted by Gasteiger charge is -2.05. The van der Waals surface area contributed by atoms with Crippen LogP contribution in [0.5, 0.6) is 11.5 Å². The number of ketones is 1. The maximum absolute atomic E-state index is 13.3. The summed E-state index contributed by atoms with van der Waals surface area (Å²) >= 11 is 0.870. The molecule has 0 atom stereocenters. The van der Waals surface area contributed by atoms with Gasteiger partial charge in [-0.05, 0) is 13.0 Å². The van der Waals surface area contributed by atoms with Crippen molar-refractivity contribution in [2.75, 3.05) is 0 Å². The summed E-state index contributed by atoms with van der Waals surface area (Å²) < 4.78 is 18.8. The van der Waals surface area contributed by atoms with Crippen LogP contribution in [0.3, 0.4) is 0 Å². The number of aryl methyl sites for hydroxylation is 1. The Balaban J connectivity index is 1.75. The molecule has 3 aromatic heterocycles. The minimum Gasteiger partial charge on any atom is -0.454 e. The van der Waals surface area contributed by atoms with E-state index < -0.39 is 0 Å². The van der Waals surface area contributed by atoms with Gasteiger partial charge in [-0.2, -0.15) is 4.39 Å². The molecule has 0 fully saturated rings. The van der Waals surface area contributed by atoms with Crippen molar-refractivity contribution in [1.29, 1.82) is 0 Å². The van der Waals surface area contributed by atoms with Gasteiger partial charge in [0, 0.05) is 12.3 Å². The van der Waals surface area contributed by atoms with Gasteiger partial charge in [0.15, 0.2) is 16.7 Å². The van der Waals surface area contributed by atoms with Crippen molar-refractivity contribution in [3.63, 3.8) is 0 Å². The van der Waals surface area contributed by atoms with E-state index in [4.69, 9.17) is 4.74 Å². The van der Waals surface area contributed by atoms with E-state index in [1.807, 2.05) is 0 Å². The maximum Gasteiger partial charge on any atom is 0.199 e. The van der Waals surface area contributed by atoms with Crippen LogP contribution in [0.4, 0.5) is 4.39 Å². The number of carbonyl (C=O) groups excluding carboxylic acids is 1. The second-order valence-corrected chi connectivity index (χ2v) is 5.65. The predicted octanol–water partition coefficient (Wildman–Crippen LogP) is 2.99. The third kappa shape index (κ3) is 3.72. The van der Waals surface area contributed by atoms with Crippen LogP contribution in [0.25, 0.3) is 0 Å². The van der Waals surface area contributed by atoms with E-state index in [-0.39, 0.29) is 23.0 Å². The summed E-state index contributed by atoms with van der Waals surface area (Å²) in [5, 5.41) is 0.0523. The van der Waals surface area contributed by atoms with Gasteiger partial charge in [0.25, 0.3) is 0 Å². The van der Waals surface area contributed by atoms with E-state index in [0.717, 1.165) is 11.3 Å². The minimum absolute atomic E-state index is 0.000325. The van der Waals surface area contributed by atoms with E-state index in [2.05, 4.69) is 19.9 Å². The van der Waals surface area contributed by atoms with Crippen molar-refractivity contribution in [2.45, 2.75) is 13.3 Å². The Labute approximate surface area is 135 Å². The number of nitrogens with zero attached hydrogens (tertiary/aromatic N) is 4. The van der Waals surface area contributed by atoms with Crippen LogP contribution in [0.1, 0.15) is 21.2 Å². The summed E-state index contributed by atoms with van der Waals surface area (Å²) in [5.74, 6) is 0.642. The van der Waals surface area contributed by atoms with Crippen molar-refractivity contribution in [1.82, 2.24) is 19.9 Å². The number of aromatic nitrogens is 4. The zero-order valence-corrected chi connectivity index (χ0v) is 12.9. The van der Waals surface area contributed by atoms with Crippen LogP contribution < -0.4 is 4.74 Å². The van der Waals surface area contributed by atoms with Crippen LogP contribution in [-0.4, -0.2) is 25.7 Å². The Morgan fingerprint density at radius 2 is 2.09 bits per heavy atom. The highest BCUT2D eigenvalue weighted by molar-refractivity contribution is 7.10. The molecule has 116 valence electrons. The molecule has 6 nitrogen and oxygen atoms in total. The molecule has 0 amide bonds. The SMILES string of the molecule is Cc1nc(CC(=O)c2cc(Oc3cncnc3)ccn2)sc1F. The number of pyridine rings is 1. The van der Waals surface area contributed by atoms with Crippen molar-refractivity contribution in [3.05, 3.63) is 58.6 Å². The van der Waals surface area contributed by atoms with Gasteiger partial charge in [-0.1, -0.05) is 11.3 Å². The molecule has 0 spiro atoms. The molecule has 3 rings (SSSR count). The van der Waals surface area contributed by atoms with Crippen LogP contribution in [-0.2, 0) is 6.42 Å². The van der Waals surface area contributed by atoms with Gasteiger partial charge in [0.05, 0.1) is 24.5 Å². The van der Waals surface area contributed by atoms with E-state index in [1.54, 1.807) is 13.0 Å². The molecular formula is C15H11FN4O2S. The summed E-state index contributed by atoms with van der Waals surface area (Å²) in [6.07, 6.45) is 5.88. The number of hydrogen-bond donors (Lipinski definition) is 0. The van der Waals surface area contributed by atoms with Gasteiger partial charge in [-0.25, -0.2) is 15.0 Å². The van der Waals surface area contributed by atoms with Crippen molar-refractivity contribution >= 4 is 17.1 Å². The average Bonchev–Trinajstić information content (AvgIpc) is 2.86. The fourth-order valence-corrected chi connectivity index (χ4v) is 2.62. The Morgan fingerprint density at radius 3 is 2.78 bits per heavy atom. The molecule has 8 heteroatoms. The summed E-state index contributed by atoms with van der Waals surface area (Å²) in [5.41, 5.74) is 0.527. The van der Waals surface area contributed by atoms with Crippen LogP contribution in [0.2, 0.25) is 0 Å². The summed E-state index contributed by atoms with van der Waals surface area (Å²) in [6, 6.07) is 3.14. The fourth-order valence-electron chi connectivity index (χ4n) is 1.84. The molecule has 3 aromatic rings. The van der Waals surface area contributed by atoms with E-state index in [0.29, 0.717) is 22.2 Å². The first-order valence-corrected chi connectivity index (χ1v) is 7.47. The maximum atomic E-state index is 13.3. The van der Waals surface area contributed by atoms with Crippen molar-refractivity contribution < 1.29 is 13.9 Å². The predicted molar refractivity (Wildman–Crippen MR) is 81.2 cm³/mol. The highest BCUT2D eigenvalue weighted by Crippen LogP contribution is 2.21. The summed E-state index contributed by atoms with van der Waals surface area (Å²) in [7, 11) is 0. The standard InChI is InChI=1S/C15H11FN4O2S/c1-9-15(16)23-14(20-9)5-13(21)12-4-10(2-3-19-12)22-11-6-17-8-18-7-11/h2-4,6-8H,5H2,1H3. The van der Waals surface area contributed by atoms with Gasteiger partial charge in [0.1, 0.15) is 22.8 Å². The number of Topliss-reactive ketones (excluding diaryl/α,β-unsaturated/α-hetero) is 1. The molecule has 0 aromatic carbocycles. The smallest absolute Gasteiger partial charge is 0.199 e. The third-order valence-electron chi connectivity index (χ3n) is 2.89.